The highest BCUT2D eigenvalue weighted by atomic mass is 35.5. The van der Waals surface area contributed by atoms with Crippen LogP contribution in [0.3, 0.4) is 0 Å². The Bertz CT molecular complexity index is 2310. The van der Waals surface area contributed by atoms with E-state index in [2.05, 4.69) is 26.3 Å². The number of nitrogens with zero attached hydrogens (tertiary/aromatic N) is 5. The number of alkyl halides is 4. The molecule has 4 N–H and O–H groups in total. The SMILES string of the molecule is CCC[C@H]1NC(=O)[C@H](Cc2cc(Cl)ccc2Cl)N(CC)C(=O)[C@H](CC(C)C)NC(=O)[C@@H](N(C)C(=O)[C@H](CCCNC(=O)c2cscn2)NC(=O)[C@@H]2C[C@@H](F)CN2C(=O)C2(C(F)(F)F)CC2)CCCCN(C)C1=O. The second-order valence-corrected chi connectivity index (χ2v) is 21.1. The Balaban J connectivity index is 1.49. The highest BCUT2D eigenvalue weighted by molar-refractivity contribution is 7.07. The van der Waals surface area contributed by atoms with Crippen LogP contribution in [-0.2, 0) is 40.0 Å². The zero-order valence-corrected chi connectivity index (χ0v) is 44.3. The molecule has 1 saturated carbocycles. The highest BCUT2D eigenvalue weighted by Gasteiger charge is 2.70. The largest absolute Gasteiger partial charge is 0.403 e. The lowest BCUT2D eigenvalue weighted by Crippen LogP contribution is -2.61. The standard InChI is InChI=1S/C49H67Cl2F4N9O8S/c1-7-12-33-44(69)61(5)20-10-9-14-37(41(66)60-35(21-28(3)4)46(71)63(8-2)38(42(67)58-33)23-29-22-30(50)15-16-32(29)51)62(6)45(70)34(13-11-19-56-40(65)36-26-73-27-57-36)59-43(68)39-24-31(52)25-64(39)47(72)48(17-18-48)49(53,54)55/h15-16,22,26-28,31,33-35,37-39H,7-14,17-21,23-25H2,1-6H3,(H,56,65)(H,58,67)(H,59,68)(H,60,66)/t31-,33-,34+,35+,37+,38+,39+/m1/s1. The number of rotatable bonds is 17. The summed E-state index contributed by atoms with van der Waals surface area (Å²) in [5, 5.41) is 13.1. The van der Waals surface area contributed by atoms with E-state index < -0.39 is 121 Å². The summed E-state index contributed by atoms with van der Waals surface area (Å²) in [6.45, 7) is 6.57. The summed E-state index contributed by atoms with van der Waals surface area (Å²) in [5.74, 6) is -6.47. The molecule has 8 amide bonds. The average molecular weight is 1090 g/mol. The maximum absolute atomic E-state index is 15.0. The van der Waals surface area contributed by atoms with Gasteiger partial charge in [0, 0.05) is 62.0 Å². The van der Waals surface area contributed by atoms with Gasteiger partial charge in [-0.05, 0) is 94.4 Å². The summed E-state index contributed by atoms with van der Waals surface area (Å²) in [6, 6.07) is -3.29. The lowest BCUT2D eigenvalue weighted by molar-refractivity contribution is -0.199. The van der Waals surface area contributed by atoms with Crippen LogP contribution in [-0.4, -0.2) is 161 Å². The summed E-state index contributed by atoms with van der Waals surface area (Å²) in [4.78, 5) is 122. The Hall–Kier alpha value is -5.09. The molecule has 0 radical (unpaired) electrons. The van der Waals surface area contributed by atoms with E-state index in [4.69, 9.17) is 23.2 Å². The number of benzene rings is 1. The van der Waals surface area contributed by atoms with Crippen molar-refractivity contribution in [3.8, 4) is 0 Å². The second kappa shape index (κ2) is 25.9. The van der Waals surface area contributed by atoms with E-state index in [1.54, 1.807) is 32.2 Å². The van der Waals surface area contributed by atoms with Crippen LogP contribution in [0, 0.1) is 11.3 Å². The topological polar surface area (TPSA) is 211 Å². The number of amides is 8. The third-order valence-electron chi connectivity index (χ3n) is 13.7. The molecule has 24 heteroatoms. The van der Waals surface area contributed by atoms with Crippen molar-refractivity contribution in [2.75, 3.05) is 40.3 Å². The van der Waals surface area contributed by atoms with E-state index in [1.165, 1.54) is 39.1 Å². The normalized spacial score (nSPS) is 23.7. The molecule has 73 heavy (non-hydrogen) atoms. The fourth-order valence-electron chi connectivity index (χ4n) is 9.44. The summed E-state index contributed by atoms with van der Waals surface area (Å²) < 4.78 is 57.4. The van der Waals surface area contributed by atoms with Crippen molar-refractivity contribution in [2.45, 2.75) is 153 Å². The van der Waals surface area contributed by atoms with Crippen LogP contribution in [0.1, 0.15) is 114 Å². The molecule has 3 aliphatic rings. The Labute approximate surface area is 437 Å². The molecule has 0 bridgehead atoms. The minimum absolute atomic E-state index is 0.0144. The van der Waals surface area contributed by atoms with Crippen LogP contribution >= 0.6 is 34.5 Å². The lowest BCUT2D eigenvalue weighted by atomic mass is 9.97. The third-order valence-corrected chi connectivity index (χ3v) is 14.9. The number of aromatic nitrogens is 1. The number of nitrogens with one attached hydrogen (secondary N) is 4. The zero-order valence-electron chi connectivity index (χ0n) is 42.0. The van der Waals surface area contributed by atoms with E-state index in [0.717, 1.165) is 4.90 Å². The number of hydrogen-bond acceptors (Lipinski definition) is 10. The van der Waals surface area contributed by atoms with Gasteiger partial charge in [0.25, 0.3) is 5.91 Å². The Morgan fingerprint density at radius 1 is 1.01 bits per heavy atom. The van der Waals surface area contributed by atoms with Gasteiger partial charge in [0.05, 0.1) is 12.1 Å². The molecule has 2 aliphatic heterocycles. The number of carbonyl (C=O) groups is 8. The first kappa shape index (κ1) is 58.8. The molecule has 3 fully saturated rings. The van der Waals surface area contributed by atoms with Crippen LogP contribution in [0.2, 0.25) is 10.0 Å². The summed E-state index contributed by atoms with van der Waals surface area (Å²) >= 11 is 14.2. The van der Waals surface area contributed by atoms with Gasteiger partial charge in [-0.1, -0.05) is 50.4 Å². The van der Waals surface area contributed by atoms with Crippen LogP contribution in [0.5, 0.6) is 0 Å². The second-order valence-electron chi connectivity index (χ2n) is 19.6. The smallest absolute Gasteiger partial charge is 0.351 e. The van der Waals surface area contributed by atoms with Gasteiger partial charge in [-0.3, -0.25) is 38.4 Å². The predicted molar refractivity (Wildman–Crippen MR) is 266 cm³/mol. The molecule has 1 aromatic carbocycles. The van der Waals surface area contributed by atoms with E-state index in [9.17, 15) is 51.5 Å². The van der Waals surface area contributed by atoms with Crippen molar-refractivity contribution in [1.29, 1.82) is 0 Å². The van der Waals surface area contributed by atoms with Gasteiger partial charge >= 0.3 is 6.18 Å². The molecule has 2 saturated heterocycles. The van der Waals surface area contributed by atoms with E-state index in [-0.39, 0.29) is 87.1 Å². The molecule has 0 unspecified atom stereocenters. The number of hydrogen-bond donors (Lipinski definition) is 4. The van der Waals surface area contributed by atoms with E-state index in [0.29, 0.717) is 28.3 Å². The van der Waals surface area contributed by atoms with Crippen molar-refractivity contribution >= 4 is 81.8 Å². The van der Waals surface area contributed by atoms with Crippen LogP contribution in [0.25, 0.3) is 0 Å². The van der Waals surface area contributed by atoms with Gasteiger partial charge in [0.1, 0.15) is 53.5 Å². The molecular formula is C49H67Cl2F4N9O8S. The molecule has 3 heterocycles. The number of halogens is 6. The van der Waals surface area contributed by atoms with Crippen molar-refractivity contribution in [3.05, 3.63) is 50.4 Å². The van der Waals surface area contributed by atoms with Crippen molar-refractivity contribution in [1.82, 2.24) is 45.9 Å². The summed E-state index contributed by atoms with van der Waals surface area (Å²) in [6.07, 6.45) is -7.22. The first-order valence-corrected chi connectivity index (χ1v) is 26.5. The average Bonchev–Trinajstić information content (AvgIpc) is 3.80. The van der Waals surface area contributed by atoms with Gasteiger partial charge in [-0.2, -0.15) is 13.2 Å². The molecule has 0 spiro atoms. The molecule has 17 nitrogen and oxygen atoms in total. The van der Waals surface area contributed by atoms with Crippen molar-refractivity contribution < 1.29 is 55.9 Å². The van der Waals surface area contributed by atoms with Crippen LogP contribution in [0.4, 0.5) is 17.6 Å². The Kier molecular flexibility index (Phi) is 20.9. The molecule has 404 valence electrons. The third kappa shape index (κ3) is 14.8. The summed E-state index contributed by atoms with van der Waals surface area (Å²) in [7, 11) is 2.89. The minimum Gasteiger partial charge on any atom is -0.351 e. The molecular weight excluding hydrogens is 1020 g/mol. The number of likely N-dealkylation sites (N-methyl/N-ethyl adjacent to an activating group) is 3. The van der Waals surface area contributed by atoms with Crippen LogP contribution in [0.15, 0.2) is 29.1 Å². The fraction of sp³-hybridized carbons (Fsp3) is 0.653. The molecule has 5 rings (SSSR count). The van der Waals surface area contributed by atoms with Gasteiger partial charge in [0.15, 0.2) is 0 Å². The number of carbonyl (C=O) groups excluding carboxylic acids is 8. The van der Waals surface area contributed by atoms with Gasteiger partial charge < -0.3 is 40.9 Å². The highest BCUT2D eigenvalue weighted by Crippen LogP contribution is 2.59. The summed E-state index contributed by atoms with van der Waals surface area (Å²) in [5.41, 5.74) is -0.679. The Morgan fingerprint density at radius 3 is 2.33 bits per heavy atom. The number of likely N-dealkylation sites (tertiary alicyclic amines) is 1. The monoisotopic (exact) mass is 1090 g/mol. The first-order chi connectivity index (χ1) is 34.4. The maximum atomic E-state index is 15.0. The number of thiazole rings is 1. The van der Waals surface area contributed by atoms with Gasteiger partial charge in [0.2, 0.25) is 41.4 Å². The van der Waals surface area contributed by atoms with E-state index in [1.807, 2.05) is 20.8 Å². The molecule has 1 aromatic heterocycles. The zero-order chi connectivity index (χ0) is 53.9. The van der Waals surface area contributed by atoms with E-state index >= 15 is 4.39 Å². The molecule has 1 aliphatic carbocycles. The minimum atomic E-state index is -4.94. The van der Waals surface area contributed by atoms with Crippen molar-refractivity contribution in [2.24, 2.45) is 11.3 Å². The first-order valence-electron chi connectivity index (χ1n) is 24.8. The maximum Gasteiger partial charge on any atom is 0.403 e. The molecule has 7 atom stereocenters. The molecule has 2 aromatic rings. The van der Waals surface area contributed by atoms with Crippen LogP contribution < -0.4 is 21.3 Å². The Morgan fingerprint density at radius 2 is 1.71 bits per heavy atom. The quantitative estimate of drug-likeness (QED) is 0.117. The fourth-order valence-corrected chi connectivity index (χ4v) is 10.4. The predicted octanol–water partition coefficient (Wildman–Crippen LogP) is 5.47. The van der Waals surface area contributed by atoms with Crippen molar-refractivity contribution in [3.63, 3.8) is 0 Å². The van der Waals surface area contributed by atoms with Gasteiger partial charge in [-0.25, -0.2) is 9.37 Å². The van der Waals surface area contributed by atoms with Gasteiger partial charge in [-0.15, -0.1) is 11.3 Å². The lowest BCUT2D eigenvalue weighted by Gasteiger charge is -2.37.